The zero-order chi connectivity index (χ0) is 30.2. The number of aliphatic hydroxyl groups is 1. The Labute approximate surface area is 252 Å². The Bertz CT molecular complexity index is 1790. The van der Waals surface area contributed by atoms with Gasteiger partial charge in [0.1, 0.15) is 30.0 Å². The third-order valence-corrected chi connectivity index (χ3v) is 8.36. The Balaban J connectivity index is 1.53. The Morgan fingerprint density at radius 3 is 2.74 bits per heavy atom. The van der Waals surface area contributed by atoms with E-state index in [2.05, 4.69) is 6.58 Å². The fraction of sp³-hybridized carbons (Fsp3) is 0.242. The lowest BCUT2D eigenvalue weighted by Gasteiger charge is -2.24. The largest absolute Gasteiger partial charge is 0.507 e. The van der Waals surface area contributed by atoms with Crippen LogP contribution in [0.1, 0.15) is 36.6 Å². The fourth-order valence-electron chi connectivity index (χ4n) is 5.42. The van der Waals surface area contributed by atoms with Gasteiger partial charge < -0.3 is 24.1 Å². The van der Waals surface area contributed by atoms with Crippen LogP contribution >= 0.6 is 11.3 Å². The molecular formula is C33H30N2O7S. The molecule has 1 saturated heterocycles. The van der Waals surface area contributed by atoms with Gasteiger partial charge in [-0.15, -0.1) is 0 Å². The number of aromatic nitrogens is 1. The molecule has 0 saturated carbocycles. The van der Waals surface area contributed by atoms with E-state index in [1.807, 2.05) is 19.9 Å². The van der Waals surface area contributed by atoms with Crippen LogP contribution in [0, 0.1) is 0 Å². The zero-order valence-electron chi connectivity index (χ0n) is 24.0. The molecule has 6 rings (SSSR count). The van der Waals surface area contributed by atoms with Gasteiger partial charge in [0.05, 0.1) is 35.5 Å². The number of ether oxygens (including phenoxy) is 4. The van der Waals surface area contributed by atoms with Gasteiger partial charge in [-0.2, -0.15) is 0 Å². The SMILES string of the molecule is C=CCOc1ccc([C@@H]2C(=C(O)c3ccc4c(c3)C[C@H](C)O4)C(=O)C(=O)N2c2nc3ccc(OC)cc3s2)cc1OCC. The molecule has 1 N–H and O–H groups in total. The van der Waals surface area contributed by atoms with Crippen molar-refractivity contribution in [2.45, 2.75) is 32.4 Å². The second-order valence-corrected chi connectivity index (χ2v) is 11.2. The molecule has 9 nitrogen and oxygen atoms in total. The van der Waals surface area contributed by atoms with Crippen molar-refractivity contribution in [3.05, 3.63) is 89.5 Å². The van der Waals surface area contributed by atoms with Crippen molar-refractivity contribution >= 4 is 44.1 Å². The number of anilines is 1. The number of methoxy groups -OCH3 is 1. The van der Waals surface area contributed by atoms with Gasteiger partial charge in [0.2, 0.25) is 0 Å². The number of hydrogen-bond acceptors (Lipinski definition) is 9. The monoisotopic (exact) mass is 598 g/mol. The van der Waals surface area contributed by atoms with E-state index < -0.39 is 17.7 Å². The third kappa shape index (κ3) is 5.08. The first-order valence-corrected chi connectivity index (χ1v) is 14.7. The highest BCUT2D eigenvalue weighted by Crippen LogP contribution is 2.46. The number of Topliss-reactive ketones (excluding diaryl/α,β-unsaturated/α-hetero) is 1. The van der Waals surface area contributed by atoms with E-state index in [9.17, 15) is 14.7 Å². The highest BCUT2D eigenvalue weighted by molar-refractivity contribution is 7.22. The number of aliphatic hydroxyl groups excluding tert-OH is 1. The Hall–Kier alpha value is -4.83. The number of thiazole rings is 1. The van der Waals surface area contributed by atoms with Crippen molar-refractivity contribution < 1.29 is 33.6 Å². The summed E-state index contributed by atoms with van der Waals surface area (Å²) in [7, 11) is 1.58. The highest BCUT2D eigenvalue weighted by atomic mass is 32.1. The molecule has 220 valence electrons. The van der Waals surface area contributed by atoms with Gasteiger partial charge in [0.25, 0.3) is 5.78 Å². The summed E-state index contributed by atoms with van der Waals surface area (Å²) in [5, 5.41) is 12.0. The molecule has 1 aromatic heterocycles. The molecule has 0 radical (unpaired) electrons. The molecule has 0 spiro atoms. The molecule has 10 heteroatoms. The van der Waals surface area contributed by atoms with Gasteiger partial charge in [0.15, 0.2) is 16.6 Å². The minimum absolute atomic E-state index is 0.00875. The number of nitrogens with zero attached hydrogens (tertiary/aromatic N) is 2. The molecular weight excluding hydrogens is 568 g/mol. The van der Waals surface area contributed by atoms with Gasteiger partial charge in [0, 0.05) is 12.0 Å². The quantitative estimate of drug-likeness (QED) is 0.105. The average molecular weight is 599 g/mol. The van der Waals surface area contributed by atoms with E-state index in [4.69, 9.17) is 23.9 Å². The fourth-order valence-corrected chi connectivity index (χ4v) is 6.44. The summed E-state index contributed by atoms with van der Waals surface area (Å²) in [6, 6.07) is 14.9. The van der Waals surface area contributed by atoms with Crippen molar-refractivity contribution in [2.75, 3.05) is 25.2 Å². The summed E-state index contributed by atoms with van der Waals surface area (Å²) >= 11 is 1.26. The normalized spacial score (nSPS) is 18.9. The molecule has 2 aliphatic rings. The molecule has 3 aromatic carbocycles. The third-order valence-electron chi connectivity index (χ3n) is 7.34. The maximum Gasteiger partial charge on any atom is 0.301 e. The van der Waals surface area contributed by atoms with Crippen LogP contribution in [0.4, 0.5) is 5.13 Å². The van der Waals surface area contributed by atoms with Crippen LogP contribution in [0.5, 0.6) is 23.0 Å². The molecule has 1 fully saturated rings. The van der Waals surface area contributed by atoms with Crippen molar-refractivity contribution in [1.82, 2.24) is 4.98 Å². The first-order chi connectivity index (χ1) is 20.8. The van der Waals surface area contributed by atoms with Crippen LogP contribution in [0.25, 0.3) is 16.0 Å². The first kappa shape index (κ1) is 28.3. The number of fused-ring (bicyclic) bond motifs is 2. The number of carbonyl (C=O) groups is 2. The van der Waals surface area contributed by atoms with Crippen molar-refractivity contribution in [2.24, 2.45) is 0 Å². The second-order valence-electron chi connectivity index (χ2n) is 10.2. The van der Waals surface area contributed by atoms with E-state index in [0.29, 0.717) is 52.1 Å². The van der Waals surface area contributed by atoms with Gasteiger partial charge >= 0.3 is 5.91 Å². The minimum Gasteiger partial charge on any atom is -0.507 e. The summed E-state index contributed by atoms with van der Waals surface area (Å²) in [4.78, 5) is 33.6. The molecule has 43 heavy (non-hydrogen) atoms. The lowest BCUT2D eigenvalue weighted by Crippen LogP contribution is -2.29. The van der Waals surface area contributed by atoms with Gasteiger partial charge in [-0.3, -0.25) is 14.5 Å². The molecule has 2 atom stereocenters. The summed E-state index contributed by atoms with van der Waals surface area (Å²) in [5.41, 5.74) is 2.49. The van der Waals surface area contributed by atoms with E-state index in [-0.39, 0.29) is 24.0 Å². The average Bonchev–Trinajstić information content (AvgIpc) is 3.67. The number of benzene rings is 3. The maximum atomic E-state index is 13.8. The number of hydrogen-bond donors (Lipinski definition) is 1. The van der Waals surface area contributed by atoms with Crippen LogP contribution in [0.15, 0.2) is 72.8 Å². The number of rotatable bonds is 9. The van der Waals surface area contributed by atoms with Crippen LogP contribution in [0.2, 0.25) is 0 Å². The van der Waals surface area contributed by atoms with Gasteiger partial charge in [-0.1, -0.05) is 30.1 Å². The Morgan fingerprint density at radius 1 is 1.14 bits per heavy atom. The predicted octanol–water partition coefficient (Wildman–Crippen LogP) is 6.22. The van der Waals surface area contributed by atoms with Crippen molar-refractivity contribution in [3.63, 3.8) is 0 Å². The first-order valence-electron chi connectivity index (χ1n) is 13.9. The lowest BCUT2D eigenvalue weighted by atomic mass is 9.94. The van der Waals surface area contributed by atoms with Crippen LogP contribution in [-0.4, -0.2) is 48.2 Å². The maximum absolute atomic E-state index is 13.8. The number of ketones is 1. The Kier molecular flexibility index (Phi) is 7.53. The van der Waals surface area contributed by atoms with E-state index in [1.54, 1.807) is 61.7 Å². The number of amides is 1. The summed E-state index contributed by atoms with van der Waals surface area (Å²) in [6.45, 7) is 8.16. The summed E-state index contributed by atoms with van der Waals surface area (Å²) < 4.78 is 23.6. The zero-order valence-corrected chi connectivity index (χ0v) is 24.8. The van der Waals surface area contributed by atoms with Gasteiger partial charge in [-0.25, -0.2) is 4.98 Å². The molecule has 0 bridgehead atoms. The smallest absolute Gasteiger partial charge is 0.301 e. The van der Waals surface area contributed by atoms with Crippen molar-refractivity contribution in [3.8, 4) is 23.0 Å². The molecule has 4 aromatic rings. The summed E-state index contributed by atoms with van der Waals surface area (Å²) in [5.74, 6) is 0.429. The minimum atomic E-state index is -0.987. The highest BCUT2D eigenvalue weighted by Gasteiger charge is 2.48. The summed E-state index contributed by atoms with van der Waals surface area (Å²) in [6.07, 6.45) is 2.31. The molecule has 0 unspecified atom stereocenters. The topological polar surface area (TPSA) is 107 Å². The Morgan fingerprint density at radius 2 is 1.98 bits per heavy atom. The van der Waals surface area contributed by atoms with Crippen molar-refractivity contribution in [1.29, 1.82) is 0 Å². The van der Waals surface area contributed by atoms with Crippen LogP contribution in [-0.2, 0) is 16.0 Å². The van der Waals surface area contributed by atoms with E-state index >= 15 is 0 Å². The van der Waals surface area contributed by atoms with Crippen LogP contribution in [0.3, 0.4) is 0 Å². The standard InChI is InChI=1S/C33H30N2O7S/c1-5-13-41-25-12-7-19(16-26(25)40-6-2)29-28(30(36)20-8-11-24-21(15-20)14-18(3)42-24)31(37)32(38)35(29)33-34-23-10-9-22(39-4)17-27(23)43-33/h5,7-12,15-18,29,36H,1,6,13-14H2,2-4H3/t18-,29+/m0/s1. The predicted molar refractivity (Wildman–Crippen MR) is 164 cm³/mol. The second kappa shape index (κ2) is 11.4. The molecule has 2 aliphatic heterocycles. The van der Waals surface area contributed by atoms with E-state index in [1.165, 1.54) is 16.2 Å². The molecule has 3 heterocycles. The number of carbonyl (C=O) groups excluding carboxylic acids is 2. The van der Waals surface area contributed by atoms with Gasteiger partial charge in [-0.05, 0) is 73.5 Å². The molecule has 0 aliphatic carbocycles. The van der Waals surface area contributed by atoms with E-state index in [0.717, 1.165) is 16.0 Å². The molecule has 1 amide bonds. The lowest BCUT2D eigenvalue weighted by molar-refractivity contribution is -0.132. The van der Waals surface area contributed by atoms with Crippen LogP contribution < -0.4 is 23.8 Å².